The summed E-state index contributed by atoms with van der Waals surface area (Å²) in [5.74, 6) is -3.07. The van der Waals surface area contributed by atoms with Gasteiger partial charge in [-0.3, -0.25) is 14.4 Å². The van der Waals surface area contributed by atoms with Gasteiger partial charge in [0.2, 0.25) is 11.8 Å². The van der Waals surface area contributed by atoms with Gasteiger partial charge in [0.15, 0.2) is 0 Å². The second-order valence-corrected chi connectivity index (χ2v) is 6.73. The van der Waals surface area contributed by atoms with E-state index in [-0.39, 0.29) is 24.7 Å². The molecule has 1 N–H and O–H groups in total. The van der Waals surface area contributed by atoms with Crippen molar-refractivity contribution in [3.05, 3.63) is 34.9 Å². The molecule has 1 aliphatic heterocycles. The molecule has 0 spiro atoms. The topological polar surface area (TPSA) is 95.0 Å². The number of aliphatic carboxylic acids is 1. The Bertz CT molecular complexity index is 704. The van der Waals surface area contributed by atoms with Crippen LogP contribution in [0.3, 0.4) is 0 Å². The molecule has 7 nitrogen and oxygen atoms in total. The van der Waals surface area contributed by atoms with E-state index in [2.05, 4.69) is 0 Å². The average Bonchev–Trinajstić information content (AvgIpc) is 3.10. The van der Waals surface area contributed by atoms with Crippen LogP contribution in [-0.4, -0.2) is 58.1 Å². The highest BCUT2D eigenvalue weighted by Gasteiger charge is 2.37. The summed E-state index contributed by atoms with van der Waals surface area (Å²) in [6.45, 7) is 0.741. The fraction of sp³-hybridized carbons (Fsp3) is 0.444. The number of carbonyl (C=O) groups is 4. The average molecular weight is 381 g/mol. The van der Waals surface area contributed by atoms with E-state index in [1.54, 1.807) is 19.2 Å². The van der Waals surface area contributed by atoms with E-state index in [4.69, 9.17) is 16.7 Å². The predicted octanol–water partition coefficient (Wildman–Crippen LogP) is 1.72. The molecule has 1 atom stereocenters. The first-order chi connectivity index (χ1) is 12.3. The lowest BCUT2D eigenvalue weighted by Gasteiger charge is -2.23. The number of carboxylic acid groups (broad SMARTS) is 1. The lowest BCUT2D eigenvalue weighted by molar-refractivity contribution is -0.153. The molecule has 0 saturated carbocycles. The molecule has 140 valence electrons. The van der Waals surface area contributed by atoms with Crippen molar-refractivity contribution in [3.8, 4) is 0 Å². The molecule has 0 radical (unpaired) electrons. The second kappa shape index (κ2) is 8.80. The monoisotopic (exact) mass is 380 g/mol. The van der Waals surface area contributed by atoms with Crippen molar-refractivity contribution in [3.63, 3.8) is 0 Å². The number of hydrogen-bond acceptors (Lipinski definition) is 4. The molecule has 2 rings (SSSR count). The van der Waals surface area contributed by atoms with Crippen molar-refractivity contribution in [2.45, 2.75) is 38.3 Å². The van der Waals surface area contributed by atoms with Crippen molar-refractivity contribution in [2.75, 3.05) is 13.6 Å². The van der Waals surface area contributed by atoms with Crippen LogP contribution in [0, 0.1) is 0 Å². The molecular formula is C18H21ClN2O5. The molecule has 1 heterocycles. The highest BCUT2D eigenvalue weighted by molar-refractivity contribution is 6.35. The third-order valence-corrected chi connectivity index (χ3v) is 4.65. The number of benzene rings is 1. The van der Waals surface area contributed by atoms with Crippen LogP contribution in [0.4, 0.5) is 0 Å². The molecule has 0 aliphatic carbocycles. The Kier molecular flexibility index (Phi) is 6.74. The van der Waals surface area contributed by atoms with Gasteiger partial charge < -0.3 is 14.9 Å². The fourth-order valence-corrected chi connectivity index (χ4v) is 3.11. The number of carboxylic acids is 1. The Morgan fingerprint density at radius 2 is 1.85 bits per heavy atom. The first-order valence-corrected chi connectivity index (χ1v) is 8.72. The molecule has 0 unspecified atom stereocenters. The van der Waals surface area contributed by atoms with Crippen LogP contribution in [0.1, 0.15) is 31.2 Å². The number of hydrogen-bond donors (Lipinski definition) is 1. The van der Waals surface area contributed by atoms with Crippen LogP contribution in [0.25, 0.3) is 0 Å². The van der Waals surface area contributed by atoms with E-state index in [9.17, 15) is 19.2 Å². The first-order valence-electron chi connectivity index (χ1n) is 8.34. The predicted molar refractivity (Wildman–Crippen MR) is 94.5 cm³/mol. The van der Waals surface area contributed by atoms with Crippen molar-refractivity contribution >= 4 is 35.2 Å². The van der Waals surface area contributed by atoms with Gasteiger partial charge in [-0.05, 0) is 30.5 Å². The largest absolute Gasteiger partial charge is 0.475 e. The van der Waals surface area contributed by atoms with E-state index in [0.29, 0.717) is 31.0 Å². The number of amides is 2. The fourth-order valence-electron chi connectivity index (χ4n) is 2.98. The van der Waals surface area contributed by atoms with Crippen molar-refractivity contribution < 1.29 is 24.3 Å². The van der Waals surface area contributed by atoms with Crippen molar-refractivity contribution in [2.24, 2.45) is 0 Å². The summed E-state index contributed by atoms with van der Waals surface area (Å²) in [6.07, 6.45) is 0.891. The molecule has 0 aromatic heterocycles. The number of Topliss-reactive ketones (excluding diaryl/α,β-unsaturated/α-hetero) is 1. The van der Waals surface area contributed by atoms with Crippen LogP contribution in [-0.2, 0) is 25.7 Å². The van der Waals surface area contributed by atoms with Gasteiger partial charge in [-0.1, -0.05) is 23.7 Å². The van der Waals surface area contributed by atoms with Gasteiger partial charge in [-0.15, -0.1) is 0 Å². The molecular weight excluding hydrogens is 360 g/mol. The highest BCUT2D eigenvalue weighted by atomic mass is 35.5. The van der Waals surface area contributed by atoms with Crippen LogP contribution in [0.15, 0.2) is 24.3 Å². The Balaban J connectivity index is 1.85. The van der Waals surface area contributed by atoms with Crippen LogP contribution in [0.2, 0.25) is 5.02 Å². The second-order valence-electron chi connectivity index (χ2n) is 6.29. The van der Waals surface area contributed by atoms with Gasteiger partial charge in [0, 0.05) is 38.0 Å². The number of carbonyl (C=O) groups excluding carboxylic acids is 3. The summed E-state index contributed by atoms with van der Waals surface area (Å²) >= 11 is 5.83. The van der Waals surface area contributed by atoms with E-state index >= 15 is 0 Å². The molecule has 1 aromatic carbocycles. The number of nitrogens with zero attached hydrogens (tertiary/aromatic N) is 2. The number of likely N-dealkylation sites (tertiary alicyclic amines) is 1. The lowest BCUT2D eigenvalue weighted by Crippen LogP contribution is -2.43. The summed E-state index contributed by atoms with van der Waals surface area (Å²) in [5.41, 5.74) is 0.920. The van der Waals surface area contributed by atoms with Gasteiger partial charge in [0.25, 0.3) is 5.78 Å². The Hall–Kier alpha value is -2.41. The van der Waals surface area contributed by atoms with Crippen LogP contribution in [0.5, 0.6) is 0 Å². The molecule has 1 aromatic rings. The molecule has 2 amide bonds. The SMILES string of the molecule is CN(Cc1ccc(Cl)cc1)C(=O)CCC(=O)N1CCC[C@H]1C(=O)C(=O)O. The number of ketones is 1. The maximum Gasteiger partial charge on any atom is 0.374 e. The highest BCUT2D eigenvalue weighted by Crippen LogP contribution is 2.20. The Morgan fingerprint density at radius 3 is 2.46 bits per heavy atom. The number of halogens is 1. The smallest absolute Gasteiger partial charge is 0.374 e. The summed E-state index contributed by atoms with van der Waals surface area (Å²) in [5, 5.41) is 9.45. The quantitative estimate of drug-likeness (QED) is 0.727. The zero-order valence-corrected chi connectivity index (χ0v) is 15.2. The third-order valence-electron chi connectivity index (χ3n) is 4.40. The first kappa shape index (κ1) is 19.9. The molecule has 1 aliphatic rings. The summed E-state index contributed by atoms with van der Waals surface area (Å²) in [7, 11) is 1.65. The van der Waals surface area contributed by atoms with Gasteiger partial charge in [0.1, 0.15) is 6.04 Å². The normalized spacial score (nSPS) is 16.4. The standard InChI is InChI=1S/C18H21ClN2O5/c1-20(11-12-4-6-13(19)7-5-12)15(22)8-9-16(23)21-10-2-3-14(21)17(24)18(25)26/h4-7,14H,2-3,8-11H2,1H3,(H,25,26)/t14-/m0/s1. The third kappa shape index (κ3) is 5.05. The molecule has 26 heavy (non-hydrogen) atoms. The van der Waals surface area contributed by atoms with Crippen LogP contribution < -0.4 is 0 Å². The van der Waals surface area contributed by atoms with E-state index in [1.165, 1.54) is 9.80 Å². The minimum Gasteiger partial charge on any atom is -0.475 e. The molecule has 1 saturated heterocycles. The van der Waals surface area contributed by atoms with E-state index in [1.807, 2.05) is 12.1 Å². The lowest BCUT2D eigenvalue weighted by atomic mass is 10.1. The zero-order chi connectivity index (χ0) is 19.3. The number of rotatable bonds is 7. The zero-order valence-electron chi connectivity index (χ0n) is 14.5. The van der Waals surface area contributed by atoms with Gasteiger partial charge in [-0.2, -0.15) is 0 Å². The summed E-state index contributed by atoms with van der Waals surface area (Å²) in [6, 6.07) is 6.21. The van der Waals surface area contributed by atoms with Crippen molar-refractivity contribution in [1.29, 1.82) is 0 Å². The van der Waals surface area contributed by atoms with E-state index in [0.717, 1.165) is 5.56 Å². The molecule has 8 heteroatoms. The maximum atomic E-state index is 12.3. The summed E-state index contributed by atoms with van der Waals surface area (Å²) in [4.78, 5) is 49.8. The summed E-state index contributed by atoms with van der Waals surface area (Å²) < 4.78 is 0. The molecule has 0 bridgehead atoms. The van der Waals surface area contributed by atoms with Crippen LogP contribution >= 0.6 is 11.6 Å². The Labute approximate surface area is 156 Å². The van der Waals surface area contributed by atoms with Gasteiger partial charge in [0.05, 0.1) is 0 Å². The van der Waals surface area contributed by atoms with E-state index < -0.39 is 17.8 Å². The van der Waals surface area contributed by atoms with Gasteiger partial charge in [-0.25, -0.2) is 4.79 Å². The maximum absolute atomic E-state index is 12.3. The minimum atomic E-state index is -1.53. The van der Waals surface area contributed by atoms with Crippen molar-refractivity contribution in [1.82, 2.24) is 9.80 Å². The minimum absolute atomic E-state index is 0.00735. The molecule has 1 fully saturated rings. The van der Waals surface area contributed by atoms with Gasteiger partial charge >= 0.3 is 5.97 Å². The Morgan fingerprint density at radius 1 is 1.19 bits per heavy atom.